The van der Waals surface area contributed by atoms with E-state index in [4.69, 9.17) is 0 Å². The first-order valence-electron chi connectivity index (χ1n) is 13.8. The molecule has 0 bridgehead atoms. The van der Waals surface area contributed by atoms with E-state index < -0.39 is 17.8 Å². The van der Waals surface area contributed by atoms with E-state index in [0.29, 0.717) is 19.4 Å². The van der Waals surface area contributed by atoms with Crippen molar-refractivity contribution in [1.82, 2.24) is 15.1 Å². The van der Waals surface area contributed by atoms with Crippen molar-refractivity contribution in [1.29, 1.82) is 0 Å². The van der Waals surface area contributed by atoms with E-state index in [2.05, 4.69) is 5.32 Å². The SMILES string of the molecule is CCCCNC(=O)[C@@H](Cc1ccccc1)N(Cc1ccccc1F)C(=O)CCN1C(=O)[C@H]2CC=CC[C@H]2C1=O. The largest absolute Gasteiger partial charge is 0.354 e. The highest BCUT2D eigenvalue weighted by Crippen LogP contribution is 2.35. The summed E-state index contributed by atoms with van der Waals surface area (Å²) in [5.41, 5.74) is 1.15. The molecule has 2 aromatic carbocycles. The number of allylic oxidation sites excluding steroid dienone is 2. The number of fused-ring (bicyclic) bond motifs is 1. The van der Waals surface area contributed by atoms with Gasteiger partial charge in [-0.3, -0.25) is 24.1 Å². The number of halogens is 1. The van der Waals surface area contributed by atoms with Crippen molar-refractivity contribution in [3.8, 4) is 0 Å². The number of likely N-dealkylation sites (tertiary alicyclic amines) is 1. The predicted octanol–water partition coefficient (Wildman–Crippen LogP) is 4.02. The Balaban J connectivity index is 1.58. The molecule has 1 fully saturated rings. The normalized spacial score (nSPS) is 19.1. The molecule has 1 aliphatic heterocycles. The van der Waals surface area contributed by atoms with Crippen molar-refractivity contribution in [3.05, 3.63) is 83.7 Å². The quantitative estimate of drug-likeness (QED) is 0.254. The highest BCUT2D eigenvalue weighted by molar-refractivity contribution is 6.05. The molecule has 0 unspecified atom stereocenters. The van der Waals surface area contributed by atoms with Crippen LogP contribution >= 0.6 is 0 Å². The van der Waals surface area contributed by atoms with Gasteiger partial charge in [0.25, 0.3) is 0 Å². The first-order valence-corrected chi connectivity index (χ1v) is 13.8. The minimum Gasteiger partial charge on any atom is -0.354 e. The number of nitrogens with zero attached hydrogens (tertiary/aromatic N) is 2. The average molecular weight is 534 g/mol. The van der Waals surface area contributed by atoms with Gasteiger partial charge >= 0.3 is 0 Å². The van der Waals surface area contributed by atoms with Crippen molar-refractivity contribution < 1.29 is 23.6 Å². The molecule has 8 heteroatoms. The molecule has 4 rings (SSSR count). The molecule has 0 spiro atoms. The van der Waals surface area contributed by atoms with Gasteiger partial charge in [-0.05, 0) is 30.9 Å². The number of carbonyl (C=O) groups is 4. The van der Waals surface area contributed by atoms with Crippen molar-refractivity contribution in [2.24, 2.45) is 11.8 Å². The lowest BCUT2D eigenvalue weighted by Gasteiger charge is -2.32. The lowest BCUT2D eigenvalue weighted by atomic mass is 9.85. The average Bonchev–Trinajstić information content (AvgIpc) is 3.20. The third-order valence-electron chi connectivity index (χ3n) is 7.55. The number of nitrogens with one attached hydrogen (secondary N) is 1. The summed E-state index contributed by atoms with van der Waals surface area (Å²) < 4.78 is 14.7. The van der Waals surface area contributed by atoms with E-state index in [9.17, 15) is 23.6 Å². The Kier molecular flexibility index (Phi) is 9.63. The molecule has 1 saturated heterocycles. The highest BCUT2D eigenvalue weighted by Gasteiger charge is 2.47. The summed E-state index contributed by atoms with van der Waals surface area (Å²) in [7, 11) is 0. The maximum Gasteiger partial charge on any atom is 0.243 e. The molecular formula is C31H36FN3O4. The molecule has 3 atom stereocenters. The molecule has 0 radical (unpaired) electrons. The standard InChI is InChI=1S/C31H36FN3O4/c1-2-3-18-33-29(37)27(20-22-11-5-4-6-12-22)35(21-23-13-7-10-16-26(23)32)28(36)17-19-34-30(38)24-14-8-9-15-25(24)31(34)39/h4-13,16,24-25,27H,2-3,14-15,17-21H2,1H3,(H,33,37)/t24-,25+,27-/m1/s1. The monoisotopic (exact) mass is 533 g/mol. The molecule has 1 aliphatic carbocycles. The van der Waals surface area contributed by atoms with Crippen LogP contribution in [-0.2, 0) is 32.1 Å². The zero-order valence-electron chi connectivity index (χ0n) is 22.4. The summed E-state index contributed by atoms with van der Waals surface area (Å²) in [4.78, 5) is 55.7. The fraction of sp³-hybridized carbons (Fsp3) is 0.419. The Morgan fingerprint density at radius 3 is 2.28 bits per heavy atom. The molecule has 2 aromatic rings. The van der Waals surface area contributed by atoms with Gasteiger partial charge in [-0.15, -0.1) is 0 Å². The summed E-state index contributed by atoms with van der Waals surface area (Å²) in [6.07, 6.45) is 6.68. The Bertz CT molecular complexity index is 1190. The summed E-state index contributed by atoms with van der Waals surface area (Å²) >= 11 is 0. The number of rotatable bonds is 12. The van der Waals surface area contributed by atoms with Crippen LogP contribution in [0.4, 0.5) is 4.39 Å². The molecule has 206 valence electrons. The second-order valence-electron chi connectivity index (χ2n) is 10.2. The van der Waals surface area contributed by atoms with Crippen LogP contribution < -0.4 is 5.32 Å². The van der Waals surface area contributed by atoms with Gasteiger partial charge in [-0.2, -0.15) is 0 Å². The molecule has 7 nitrogen and oxygen atoms in total. The Hall–Kier alpha value is -3.81. The zero-order valence-corrected chi connectivity index (χ0v) is 22.4. The van der Waals surface area contributed by atoms with Crippen LogP contribution in [0.3, 0.4) is 0 Å². The fourth-order valence-corrected chi connectivity index (χ4v) is 5.31. The minimum absolute atomic E-state index is 0.0627. The second-order valence-corrected chi connectivity index (χ2v) is 10.2. The van der Waals surface area contributed by atoms with Crippen LogP contribution in [0.15, 0.2) is 66.7 Å². The number of amides is 4. The van der Waals surface area contributed by atoms with E-state index in [1.54, 1.807) is 18.2 Å². The summed E-state index contributed by atoms with van der Waals surface area (Å²) in [6, 6.07) is 14.7. The van der Waals surface area contributed by atoms with Gasteiger partial charge in [0.2, 0.25) is 23.6 Å². The zero-order chi connectivity index (χ0) is 27.8. The van der Waals surface area contributed by atoms with Crippen LogP contribution in [0, 0.1) is 17.7 Å². The third-order valence-corrected chi connectivity index (χ3v) is 7.55. The summed E-state index contributed by atoms with van der Waals surface area (Å²) in [6.45, 7) is 2.32. The van der Waals surface area contributed by atoms with Crippen LogP contribution in [0.5, 0.6) is 0 Å². The van der Waals surface area contributed by atoms with Gasteiger partial charge in [0.1, 0.15) is 11.9 Å². The van der Waals surface area contributed by atoms with E-state index in [1.807, 2.05) is 49.4 Å². The van der Waals surface area contributed by atoms with Gasteiger partial charge in [-0.1, -0.05) is 74.0 Å². The van der Waals surface area contributed by atoms with E-state index in [1.165, 1.54) is 15.9 Å². The molecule has 1 heterocycles. The van der Waals surface area contributed by atoms with Crippen LogP contribution in [0.2, 0.25) is 0 Å². The lowest BCUT2D eigenvalue weighted by molar-refractivity contribution is -0.144. The van der Waals surface area contributed by atoms with Gasteiger partial charge < -0.3 is 10.2 Å². The predicted molar refractivity (Wildman–Crippen MR) is 145 cm³/mol. The van der Waals surface area contributed by atoms with Crippen molar-refractivity contribution in [2.75, 3.05) is 13.1 Å². The fourth-order valence-electron chi connectivity index (χ4n) is 5.31. The summed E-state index contributed by atoms with van der Waals surface area (Å²) in [5, 5.41) is 2.93. The lowest BCUT2D eigenvalue weighted by Crippen LogP contribution is -2.51. The van der Waals surface area contributed by atoms with Gasteiger partial charge in [0.15, 0.2) is 0 Å². The third kappa shape index (κ3) is 6.80. The molecule has 2 aliphatic rings. The maximum absolute atomic E-state index is 14.7. The molecule has 0 aromatic heterocycles. The van der Waals surface area contributed by atoms with Crippen LogP contribution in [0.1, 0.15) is 50.2 Å². The Morgan fingerprint density at radius 1 is 1.00 bits per heavy atom. The smallest absolute Gasteiger partial charge is 0.243 e. The van der Waals surface area contributed by atoms with E-state index >= 15 is 0 Å². The topological polar surface area (TPSA) is 86.8 Å². The summed E-state index contributed by atoms with van der Waals surface area (Å²) in [5.74, 6) is -2.45. The van der Waals surface area contributed by atoms with Crippen LogP contribution in [-0.4, -0.2) is 52.6 Å². The number of hydrogen-bond donors (Lipinski definition) is 1. The Morgan fingerprint density at radius 2 is 1.64 bits per heavy atom. The Labute approximate surface area is 229 Å². The highest BCUT2D eigenvalue weighted by atomic mass is 19.1. The number of unbranched alkanes of at least 4 members (excludes halogenated alkanes) is 1. The van der Waals surface area contributed by atoms with Crippen molar-refractivity contribution in [2.45, 2.75) is 58.0 Å². The van der Waals surface area contributed by atoms with Crippen LogP contribution in [0.25, 0.3) is 0 Å². The number of hydrogen-bond acceptors (Lipinski definition) is 4. The molecule has 39 heavy (non-hydrogen) atoms. The maximum atomic E-state index is 14.7. The van der Waals surface area contributed by atoms with Crippen molar-refractivity contribution >= 4 is 23.6 Å². The second kappa shape index (κ2) is 13.3. The molecular weight excluding hydrogens is 497 g/mol. The van der Waals surface area contributed by atoms with Gasteiger partial charge in [-0.25, -0.2) is 4.39 Å². The number of carbonyl (C=O) groups excluding carboxylic acids is 4. The van der Waals surface area contributed by atoms with Gasteiger partial charge in [0, 0.05) is 38.0 Å². The number of imide groups is 1. The molecule has 1 N–H and O–H groups in total. The number of benzene rings is 2. The molecule has 4 amide bonds. The van der Waals surface area contributed by atoms with Gasteiger partial charge in [0.05, 0.1) is 11.8 Å². The first kappa shape index (κ1) is 28.2. The van der Waals surface area contributed by atoms with E-state index in [0.717, 1.165) is 18.4 Å². The molecule has 0 saturated carbocycles. The van der Waals surface area contributed by atoms with E-state index in [-0.39, 0.29) is 61.1 Å². The van der Waals surface area contributed by atoms with Crippen molar-refractivity contribution in [3.63, 3.8) is 0 Å². The first-order chi connectivity index (χ1) is 18.9. The minimum atomic E-state index is -0.895.